The van der Waals surface area contributed by atoms with Crippen LogP contribution in [0, 0.1) is 0 Å². The fraction of sp³-hybridized carbons (Fsp3) is 0.700. The van der Waals surface area contributed by atoms with E-state index in [-0.39, 0.29) is 18.9 Å². The lowest BCUT2D eigenvalue weighted by Crippen LogP contribution is -2.43. The van der Waals surface area contributed by atoms with Crippen LogP contribution in [0.3, 0.4) is 0 Å². The maximum absolute atomic E-state index is 11.9. The van der Waals surface area contributed by atoms with Crippen molar-refractivity contribution in [1.29, 1.82) is 0 Å². The number of urea groups is 1. The number of carbonyl (C=O) groups is 3. The number of hydrogen-bond acceptors (Lipinski definition) is 3. The van der Waals surface area contributed by atoms with E-state index in [0.717, 1.165) is 11.3 Å². The third-order valence-electron chi connectivity index (χ3n) is 2.68. The molecule has 0 saturated carbocycles. The predicted molar refractivity (Wildman–Crippen MR) is 57.4 cm³/mol. The lowest BCUT2D eigenvalue weighted by Gasteiger charge is -2.20. The Morgan fingerprint density at radius 3 is 2.62 bits per heavy atom. The standard InChI is InChI=1S/C10H17N3O3/c1-3-5-10(2)8(15)13(9(16)12-10)6-4-7(11)14/h3-6H2,1-2H3,(H2,11,14)(H,12,16)/t10-/m1/s1. The quantitative estimate of drug-likeness (QED) is 0.646. The number of primary amides is 1. The summed E-state index contributed by atoms with van der Waals surface area (Å²) in [6.07, 6.45) is 1.39. The number of nitrogens with two attached hydrogens (primary N) is 1. The second-order valence-corrected chi connectivity index (χ2v) is 4.19. The first-order valence-corrected chi connectivity index (χ1v) is 5.33. The fourth-order valence-corrected chi connectivity index (χ4v) is 1.84. The number of hydrogen-bond donors (Lipinski definition) is 2. The third-order valence-corrected chi connectivity index (χ3v) is 2.68. The van der Waals surface area contributed by atoms with Gasteiger partial charge in [-0.15, -0.1) is 0 Å². The van der Waals surface area contributed by atoms with Gasteiger partial charge in [-0.3, -0.25) is 14.5 Å². The number of amides is 4. The molecule has 0 aromatic rings. The van der Waals surface area contributed by atoms with E-state index in [4.69, 9.17) is 5.73 Å². The molecule has 1 fully saturated rings. The van der Waals surface area contributed by atoms with Crippen LogP contribution < -0.4 is 11.1 Å². The maximum atomic E-state index is 11.9. The third kappa shape index (κ3) is 2.32. The second-order valence-electron chi connectivity index (χ2n) is 4.19. The Labute approximate surface area is 94.2 Å². The van der Waals surface area contributed by atoms with Gasteiger partial charge in [0.15, 0.2) is 0 Å². The highest BCUT2D eigenvalue weighted by atomic mass is 16.2. The van der Waals surface area contributed by atoms with Gasteiger partial charge >= 0.3 is 6.03 Å². The highest BCUT2D eigenvalue weighted by Gasteiger charge is 2.46. The summed E-state index contributed by atoms with van der Waals surface area (Å²) in [5, 5.41) is 2.64. The van der Waals surface area contributed by atoms with Crippen LogP contribution in [0.15, 0.2) is 0 Å². The lowest BCUT2D eigenvalue weighted by atomic mass is 9.96. The molecule has 0 bridgehead atoms. The van der Waals surface area contributed by atoms with Gasteiger partial charge in [-0.25, -0.2) is 4.79 Å². The molecule has 1 rings (SSSR count). The highest BCUT2D eigenvalue weighted by Crippen LogP contribution is 2.22. The van der Waals surface area contributed by atoms with Gasteiger partial charge in [0.1, 0.15) is 5.54 Å². The van der Waals surface area contributed by atoms with Gasteiger partial charge in [0.05, 0.1) is 0 Å². The second kappa shape index (κ2) is 4.51. The molecule has 0 aliphatic carbocycles. The summed E-state index contributed by atoms with van der Waals surface area (Å²) in [5.74, 6) is -0.801. The summed E-state index contributed by atoms with van der Waals surface area (Å²) in [6, 6.07) is -0.442. The molecule has 3 N–H and O–H groups in total. The summed E-state index contributed by atoms with van der Waals surface area (Å²) in [4.78, 5) is 35.1. The Morgan fingerprint density at radius 1 is 1.50 bits per heavy atom. The van der Waals surface area contributed by atoms with Gasteiger partial charge in [-0.2, -0.15) is 0 Å². The SMILES string of the molecule is CCC[C@@]1(C)NC(=O)N(CCC(N)=O)C1=O. The first-order valence-electron chi connectivity index (χ1n) is 5.33. The van der Waals surface area contributed by atoms with E-state index in [2.05, 4.69) is 5.32 Å². The average molecular weight is 227 g/mol. The van der Waals surface area contributed by atoms with Gasteiger partial charge < -0.3 is 11.1 Å². The Bertz CT molecular complexity index is 329. The molecule has 90 valence electrons. The van der Waals surface area contributed by atoms with Crippen molar-refractivity contribution in [2.24, 2.45) is 5.73 Å². The molecule has 4 amide bonds. The van der Waals surface area contributed by atoms with Crippen molar-refractivity contribution in [3.8, 4) is 0 Å². The fourth-order valence-electron chi connectivity index (χ4n) is 1.84. The molecule has 16 heavy (non-hydrogen) atoms. The van der Waals surface area contributed by atoms with E-state index in [0.29, 0.717) is 6.42 Å². The van der Waals surface area contributed by atoms with Crippen LogP contribution in [0.2, 0.25) is 0 Å². The summed E-state index contributed by atoms with van der Waals surface area (Å²) in [6.45, 7) is 3.69. The molecule has 1 heterocycles. The molecule has 1 atom stereocenters. The van der Waals surface area contributed by atoms with E-state index in [1.165, 1.54) is 0 Å². The number of nitrogens with one attached hydrogen (secondary N) is 1. The molecule has 1 aliphatic rings. The molecule has 0 radical (unpaired) electrons. The summed E-state index contributed by atoms with van der Waals surface area (Å²) in [7, 11) is 0. The van der Waals surface area contributed by atoms with Gasteiger partial charge in [-0.05, 0) is 13.3 Å². The van der Waals surface area contributed by atoms with Crippen LogP contribution in [0.4, 0.5) is 4.79 Å². The molecule has 1 saturated heterocycles. The molecule has 6 heteroatoms. The van der Waals surface area contributed by atoms with Crippen LogP contribution in [0.5, 0.6) is 0 Å². The highest BCUT2D eigenvalue weighted by molar-refractivity contribution is 6.06. The number of rotatable bonds is 5. The van der Waals surface area contributed by atoms with Crippen molar-refractivity contribution in [2.75, 3.05) is 6.54 Å². The predicted octanol–water partition coefficient (Wildman–Crippen LogP) is -0.0276. The summed E-state index contributed by atoms with van der Waals surface area (Å²) >= 11 is 0. The van der Waals surface area contributed by atoms with Crippen LogP contribution in [-0.2, 0) is 9.59 Å². The first kappa shape index (κ1) is 12.5. The molecular formula is C10H17N3O3. The Hall–Kier alpha value is -1.59. The van der Waals surface area contributed by atoms with Crippen LogP contribution >= 0.6 is 0 Å². The average Bonchev–Trinajstić information content (AvgIpc) is 2.36. The largest absolute Gasteiger partial charge is 0.370 e. The minimum Gasteiger partial charge on any atom is -0.370 e. The summed E-state index contributed by atoms with van der Waals surface area (Å²) in [5.41, 5.74) is 4.15. The first-order chi connectivity index (χ1) is 7.40. The van der Waals surface area contributed by atoms with Crippen molar-refractivity contribution in [1.82, 2.24) is 10.2 Å². The van der Waals surface area contributed by atoms with Crippen molar-refractivity contribution in [2.45, 2.75) is 38.6 Å². The molecule has 0 aromatic heterocycles. The van der Waals surface area contributed by atoms with Crippen LogP contribution in [0.25, 0.3) is 0 Å². The van der Waals surface area contributed by atoms with Crippen LogP contribution in [-0.4, -0.2) is 34.8 Å². The van der Waals surface area contributed by atoms with Crippen molar-refractivity contribution in [3.05, 3.63) is 0 Å². The number of imide groups is 1. The Kier molecular flexibility index (Phi) is 3.51. The zero-order valence-corrected chi connectivity index (χ0v) is 9.58. The minimum atomic E-state index is -0.830. The van der Waals surface area contributed by atoms with Crippen LogP contribution in [0.1, 0.15) is 33.1 Å². The monoisotopic (exact) mass is 227 g/mol. The molecule has 0 unspecified atom stereocenters. The lowest BCUT2D eigenvalue weighted by molar-refractivity contribution is -0.131. The molecule has 0 aromatic carbocycles. The van der Waals surface area contributed by atoms with Crippen molar-refractivity contribution >= 4 is 17.8 Å². The van der Waals surface area contributed by atoms with Gasteiger partial charge in [0.25, 0.3) is 5.91 Å². The van der Waals surface area contributed by atoms with E-state index >= 15 is 0 Å². The zero-order valence-electron chi connectivity index (χ0n) is 9.58. The van der Waals surface area contributed by atoms with E-state index < -0.39 is 17.5 Å². The minimum absolute atomic E-state index is 0.00135. The maximum Gasteiger partial charge on any atom is 0.325 e. The van der Waals surface area contributed by atoms with Crippen molar-refractivity contribution in [3.63, 3.8) is 0 Å². The Morgan fingerprint density at radius 2 is 2.12 bits per heavy atom. The van der Waals surface area contributed by atoms with E-state index in [1.807, 2.05) is 6.92 Å². The van der Waals surface area contributed by atoms with Gasteiger partial charge in [-0.1, -0.05) is 13.3 Å². The normalized spacial score (nSPS) is 24.8. The topological polar surface area (TPSA) is 92.5 Å². The Balaban J connectivity index is 2.71. The number of nitrogens with zero attached hydrogens (tertiary/aromatic N) is 1. The smallest absolute Gasteiger partial charge is 0.325 e. The molecule has 6 nitrogen and oxygen atoms in total. The van der Waals surface area contributed by atoms with Crippen molar-refractivity contribution < 1.29 is 14.4 Å². The van der Waals surface area contributed by atoms with E-state index in [9.17, 15) is 14.4 Å². The summed E-state index contributed by atoms with van der Waals surface area (Å²) < 4.78 is 0. The molecular weight excluding hydrogens is 210 g/mol. The van der Waals surface area contributed by atoms with Gasteiger partial charge in [0, 0.05) is 13.0 Å². The van der Waals surface area contributed by atoms with E-state index in [1.54, 1.807) is 6.92 Å². The zero-order chi connectivity index (χ0) is 12.3. The molecule has 1 aliphatic heterocycles. The van der Waals surface area contributed by atoms with Gasteiger partial charge in [0.2, 0.25) is 5.91 Å². The molecule has 0 spiro atoms. The number of carbonyl (C=O) groups excluding carboxylic acids is 3.